The van der Waals surface area contributed by atoms with E-state index in [2.05, 4.69) is 42.3 Å². The minimum absolute atomic E-state index is 0.225. The molecule has 0 amide bonds. The van der Waals surface area contributed by atoms with Gasteiger partial charge in [-0.05, 0) is 52.4 Å². The summed E-state index contributed by atoms with van der Waals surface area (Å²) < 4.78 is 1.89. The normalized spacial score (nSPS) is 21.5. The lowest BCUT2D eigenvalue weighted by molar-refractivity contribution is 0.0869. The average Bonchev–Trinajstić information content (AvgIpc) is 3.06. The number of aryl methyl sites for hydroxylation is 1. The predicted molar refractivity (Wildman–Crippen MR) is 79.3 cm³/mol. The molecule has 2 heterocycles. The number of likely N-dealkylation sites (tertiary alicyclic amines) is 1. The summed E-state index contributed by atoms with van der Waals surface area (Å²) in [5, 5.41) is 8.07. The smallest absolute Gasteiger partial charge is 0.0640 e. The molecule has 0 radical (unpaired) electrons. The van der Waals surface area contributed by atoms with E-state index in [1.54, 1.807) is 0 Å². The van der Waals surface area contributed by atoms with Crippen LogP contribution in [0.5, 0.6) is 0 Å². The van der Waals surface area contributed by atoms with Crippen LogP contribution < -0.4 is 5.32 Å². The second-order valence-corrected chi connectivity index (χ2v) is 5.93. The maximum absolute atomic E-state index is 4.53. The van der Waals surface area contributed by atoms with Crippen molar-refractivity contribution < 1.29 is 0 Å². The van der Waals surface area contributed by atoms with Gasteiger partial charge in [0.25, 0.3) is 0 Å². The fourth-order valence-corrected chi connectivity index (χ4v) is 3.33. The molecule has 1 aliphatic rings. The monoisotopic (exact) mass is 264 g/mol. The van der Waals surface area contributed by atoms with Gasteiger partial charge in [-0.15, -0.1) is 0 Å². The Morgan fingerprint density at radius 1 is 1.42 bits per heavy atom. The molecule has 2 unspecified atom stereocenters. The third kappa shape index (κ3) is 3.00. The van der Waals surface area contributed by atoms with E-state index in [4.69, 9.17) is 0 Å². The van der Waals surface area contributed by atoms with Crippen LogP contribution in [-0.2, 0) is 13.5 Å². The first-order chi connectivity index (χ1) is 9.10. The topological polar surface area (TPSA) is 33.1 Å². The molecule has 0 spiro atoms. The van der Waals surface area contributed by atoms with E-state index in [0.29, 0.717) is 6.04 Å². The molecule has 0 aliphatic carbocycles. The van der Waals surface area contributed by atoms with Gasteiger partial charge in [0.05, 0.1) is 5.69 Å². The van der Waals surface area contributed by atoms with Crippen LogP contribution in [0.25, 0.3) is 0 Å². The zero-order valence-electron chi connectivity index (χ0n) is 12.8. The largest absolute Gasteiger partial charge is 0.315 e. The first kappa shape index (κ1) is 14.5. The summed E-state index contributed by atoms with van der Waals surface area (Å²) in [6, 6.07) is 2.58. The quantitative estimate of drug-likeness (QED) is 0.851. The first-order valence-electron chi connectivity index (χ1n) is 7.51. The van der Waals surface area contributed by atoms with Gasteiger partial charge in [-0.2, -0.15) is 5.10 Å². The Morgan fingerprint density at radius 2 is 2.11 bits per heavy atom. The Labute approximate surface area is 117 Å². The van der Waals surface area contributed by atoms with Crippen molar-refractivity contribution in [1.29, 1.82) is 0 Å². The van der Waals surface area contributed by atoms with Gasteiger partial charge in [-0.3, -0.25) is 9.58 Å². The van der Waals surface area contributed by atoms with Crippen LogP contribution in [-0.4, -0.2) is 46.4 Å². The molecular formula is C15H28N4. The summed E-state index contributed by atoms with van der Waals surface area (Å²) >= 11 is 0. The number of aromatic nitrogens is 2. The Bertz CT molecular complexity index is 395. The number of nitrogens with zero attached hydrogens (tertiary/aromatic N) is 3. The molecule has 0 saturated carbocycles. The first-order valence-corrected chi connectivity index (χ1v) is 7.51. The lowest BCUT2D eigenvalue weighted by Gasteiger charge is -2.44. The van der Waals surface area contributed by atoms with E-state index in [1.165, 1.54) is 38.0 Å². The van der Waals surface area contributed by atoms with Gasteiger partial charge in [0.2, 0.25) is 0 Å². The Hall–Kier alpha value is -0.870. The van der Waals surface area contributed by atoms with Crippen molar-refractivity contribution >= 4 is 0 Å². The van der Waals surface area contributed by atoms with E-state index in [0.717, 1.165) is 6.42 Å². The third-order valence-corrected chi connectivity index (χ3v) is 4.83. The summed E-state index contributed by atoms with van der Waals surface area (Å²) in [4.78, 5) is 2.66. The number of rotatable bonds is 6. The number of hydrogen-bond acceptors (Lipinski definition) is 3. The molecule has 0 aromatic carbocycles. The fourth-order valence-electron chi connectivity index (χ4n) is 3.33. The number of nitrogens with one attached hydrogen (secondary N) is 1. The molecule has 19 heavy (non-hydrogen) atoms. The standard InChI is InChI=1S/C15H28N4/c1-5-15(2,19-9-6-7-10-19)14(16-3)12-13-8-11-18(4)17-13/h8,11,14,16H,5-7,9-10,12H2,1-4H3. The van der Waals surface area contributed by atoms with Crippen molar-refractivity contribution in [2.75, 3.05) is 20.1 Å². The van der Waals surface area contributed by atoms with Crippen molar-refractivity contribution in [3.05, 3.63) is 18.0 Å². The summed E-state index contributed by atoms with van der Waals surface area (Å²) in [5.41, 5.74) is 1.41. The fraction of sp³-hybridized carbons (Fsp3) is 0.800. The third-order valence-electron chi connectivity index (χ3n) is 4.83. The molecule has 108 valence electrons. The van der Waals surface area contributed by atoms with Crippen LogP contribution in [0, 0.1) is 0 Å². The van der Waals surface area contributed by atoms with Crippen LogP contribution in [0.4, 0.5) is 0 Å². The molecule has 4 nitrogen and oxygen atoms in total. The molecular weight excluding hydrogens is 236 g/mol. The maximum atomic E-state index is 4.53. The van der Waals surface area contributed by atoms with Gasteiger partial charge in [-0.25, -0.2) is 0 Å². The number of hydrogen-bond donors (Lipinski definition) is 1. The Balaban J connectivity index is 2.13. The molecule has 1 aliphatic heterocycles. The van der Waals surface area contributed by atoms with Crippen LogP contribution in [0.2, 0.25) is 0 Å². The summed E-state index contributed by atoms with van der Waals surface area (Å²) in [5.74, 6) is 0. The zero-order chi connectivity index (χ0) is 13.9. The minimum atomic E-state index is 0.225. The highest BCUT2D eigenvalue weighted by Gasteiger charge is 2.38. The Morgan fingerprint density at radius 3 is 2.58 bits per heavy atom. The molecule has 1 N–H and O–H groups in total. The zero-order valence-corrected chi connectivity index (χ0v) is 12.8. The van der Waals surface area contributed by atoms with Crippen LogP contribution >= 0.6 is 0 Å². The summed E-state index contributed by atoms with van der Waals surface area (Å²) in [7, 11) is 4.06. The highest BCUT2D eigenvalue weighted by Crippen LogP contribution is 2.29. The molecule has 0 bridgehead atoms. The second kappa shape index (κ2) is 6.06. The molecule has 1 aromatic rings. The van der Waals surface area contributed by atoms with E-state index < -0.39 is 0 Å². The molecule has 2 atom stereocenters. The highest BCUT2D eigenvalue weighted by molar-refractivity contribution is 5.07. The summed E-state index contributed by atoms with van der Waals surface area (Å²) in [6.45, 7) is 7.19. The highest BCUT2D eigenvalue weighted by atomic mass is 15.3. The average molecular weight is 264 g/mol. The van der Waals surface area contributed by atoms with Crippen molar-refractivity contribution in [1.82, 2.24) is 20.0 Å². The second-order valence-electron chi connectivity index (χ2n) is 5.93. The molecule has 1 saturated heterocycles. The molecule has 1 aromatic heterocycles. The van der Waals surface area contributed by atoms with Gasteiger partial charge in [0, 0.05) is 31.2 Å². The van der Waals surface area contributed by atoms with E-state index >= 15 is 0 Å². The lowest BCUT2D eigenvalue weighted by atomic mass is 9.84. The maximum Gasteiger partial charge on any atom is 0.0640 e. The van der Waals surface area contributed by atoms with Crippen LogP contribution in [0.1, 0.15) is 38.8 Å². The van der Waals surface area contributed by atoms with Gasteiger partial charge in [0.1, 0.15) is 0 Å². The van der Waals surface area contributed by atoms with Crippen molar-refractivity contribution in [2.45, 2.75) is 51.1 Å². The van der Waals surface area contributed by atoms with Gasteiger partial charge in [0.15, 0.2) is 0 Å². The van der Waals surface area contributed by atoms with Gasteiger partial charge in [-0.1, -0.05) is 6.92 Å². The lowest BCUT2D eigenvalue weighted by Crippen LogP contribution is -2.58. The molecule has 2 rings (SSSR count). The predicted octanol–water partition coefficient (Wildman–Crippen LogP) is 1.82. The van der Waals surface area contributed by atoms with Crippen molar-refractivity contribution in [2.24, 2.45) is 7.05 Å². The summed E-state index contributed by atoms with van der Waals surface area (Å²) in [6.07, 6.45) is 6.88. The van der Waals surface area contributed by atoms with Crippen molar-refractivity contribution in [3.8, 4) is 0 Å². The van der Waals surface area contributed by atoms with Crippen LogP contribution in [0.15, 0.2) is 12.3 Å². The molecule has 1 fully saturated rings. The van der Waals surface area contributed by atoms with Crippen molar-refractivity contribution in [3.63, 3.8) is 0 Å². The SMILES string of the molecule is CCC(C)(C(Cc1ccn(C)n1)NC)N1CCCC1. The van der Waals surface area contributed by atoms with Gasteiger partial charge < -0.3 is 5.32 Å². The minimum Gasteiger partial charge on any atom is -0.315 e. The Kier molecular flexibility index (Phi) is 4.63. The number of likely N-dealkylation sites (N-methyl/N-ethyl adjacent to an activating group) is 1. The van der Waals surface area contributed by atoms with E-state index in [1.807, 2.05) is 17.9 Å². The van der Waals surface area contributed by atoms with E-state index in [-0.39, 0.29) is 5.54 Å². The van der Waals surface area contributed by atoms with Gasteiger partial charge >= 0.3 is 0 Å². The van der Waals surface area contributed by atoms with E-state index in [9.17, 15) is 0 Å². The molecule has 4 heteroatoms. The van der Waals surface area contributed by atoms with Crippen LogP contribution in [0.3, 0.4) is 0 Å².